The Kier molecular flexibility index (Phi) is 4.12. The van der Waals surface area contributed by atoms with Crippen LogP contribution in [-0.4, -0.2) is 37.7 Å². The largest absolute Gasteiger partial charge is 0.493 e. The minimum atomic E-state index is -4.52. The SMILES string of the molecule is COc1cc(C(NCC(F)(F)F)C(=O)O)cc2c1OCO2. The van der Waals surface area contributed by atoms with Crippen LogP contribution in [0.1, 0.15) is 11.6 Å². The van der Waals surface area contributed by atoms with Gasteiger partial charge in [-0.05, 0) is 17.7 Å². The van der Waals surface area contributed by atoms with Gasteiger partial charge in [0.25, 0.3) is 0 Å². The van der Waals surface area contributed by atoms with E-state index in [1.807, 2.05) is 5.32 Å². The fourth-order valence-corrected chi connectivity index (χ4v) is 1.88. The normalized spacial score (nSPS) is 14.9. The summed E-state index contributed by atoms with van der Waals surface area (Å²) in [6, 6.07) is 1.07. The van der Waals surface area contributed by atoms with Gasteiger partial charge in [0.1, 0.15) is 6.04 Å². The van der Waals surface area contributed by atoms with Crippen LogP contribution in [0.25, 0.3) is 0 Å². The Hall–Kier alpha value is -2.16. The van der Waals surface area contributed by atoms with E-state index in [1.54, 1.807) is 0 Å². The quantitative estimate of drug-likeness (QED) is 0.862. The first kappa shape index (κ1) is 15.2. The van der Waals surface area contributed by atoms with Crippen LogP contribution in [0.4, 0.5) is 13.2 Å². The highest BCUT2D eigenvalue weighted by molar-refractivity contribution is 5.76. The van der Waals surface area contributed by atoms with Crippen LogP contribution in [0, 0.1) is 0 Å². The average molecular weight is 307 g/mol. The van der Waals surface area contributed by atoms with Gasteiger partial charge < -0.3 is 19.3 Å². The van der Waals surface area contributed by atoms with Crippen LogP contribution in [0.2, 0.25) is 0 Å². The number of fused-ring (bicyclic) bond motifs is 1. The molecule has 1 aliphatic heterocycles. The maximum Gasteiger partial charge on any atom is 0.401 e. The highest BCUT2D eigenvalue weighted by Gasteiger charge is 2.32. The molecule has 9 heteroatoms. The summed E-state index contributed by atoms with van der Waals surface area (Å²) in [7, 11) is 1.33. The lowest BCUT2D eigenvalue weighted by Gasteiger charge is -2.17. The van der Waals surface area contributed by atoms with Crippen molar-refractivity contribution < 1.29 is 37.3 Å². The summed E-state index contributed by atoms with van der Waals surface area (Å²) in [5.41, 5.74) is 0.0767. The molecule has 0 amide bonds. The van der Waals surface area contributed by atoms with Crippen molar-refractivity contribution in [2.45, 2.75) is 12.2 Å². The number of rotatable bonds is 5. The third-order valence-electron chi connectivity index (χ3n) is 2.77. The molecule has 21 heavy (non-hydrogen) atoms. The first-order chi connectivity index (χ1) is 9.81. The number of hydrogen-bond donors (Lipinski definition) is 2. The molecule has 0 saturated carbocycles. The minimum absolute atomic E-state index is 0.0666. The van der Waals surface area contributed by atoms with Gasteiger partial charge in [0.2, 0.25) is 12.5 Å². The Labute approximate surface area is 117 Å². The summed E-state index contributed by atoms with van der Waals surface area (Å²) in [5, 5.41) is 11.0. The zero-order valence-corrected chi connectivity index (χ0v) is 10.9. The molecule has 0 radical (unpaired) electrons. The van der Waals surface area contributed by atoms with E-state index in [1.165, 1.54) is 19.2 Å². The fourth-order valence-electron chi connectivity index (χ4n) is 1.88. The maximum absolute atomic E-state index is 12.2. The number of ether oxygens (including phenoxy) is 3. The molecule has 0 saturated heterocycles. The highest BCUT2D eigenvalue weighted by atomic mass is 19.4. The van der Waals surface area contributed by atoms with Gasteiger partial charge in [0.05, 0.1) is 13.7 Å². The molecule has 1 aromatic carbocycles. The number of carbonyl (C=O) groups is 1. The van der Waals surface area contributed by atoms with Crippen molar-refractivity contribution in [2.75, 3.05) is 20.4 Å². The first-order valence-corrected chi connectivity index (χ1v) is 5.82. The van der Waals surface area contributed by atoms with Gasteiger partial charge in [-0.2, -0.15) is 13.2 Å². The number of benzene rings is 1. The van der Waals surface area contributed by atoms with Crippen molar-refractivity contribution in [3.05, 3.63) is 17.7 Å². The Bertz CT molecular complexity index is 546. The van der Waals surface area contributed by atoms with Crippen molar-refractivity contribution in [2.24, 2.45) is 0 Å². The lowest BCUT2D eigenvalue weighted by molar-refractivity contribution is -0.143. The van der Waals surface area contributed by atoms with Crippen LogP contribution >= 0.6 is 0 Å². The van der Waals surface area contributed by atoms with Crippen molar-refractivity contribution in [1.29, 1.82) is 0 Å². The second-order valence-corrected chi connectivity index (χ2v) is 4.22. The summed E-state index contributed by atoms with van der Waals surface area (Å²) in [6.45, 7) is -1.50. The summed E-state index contributed by atoms with van der Waals surface area (Å²) < 4.78 is 52.0. The number of nitrogens with one attached hydrogen (secondary N) is 1. The maximum atomic E-state index is 12.2. The number of aliphatic carboxylic acids is 1. The Morgan fingerprint density at radius 1 is 1.48 bits per heavy atom. The Morgan fingerprint density at radius 3 is 2.76 bits per heavy atom. The number of methoxy groups -OCH3 is 1. The summed E-state index contributed by atoms with van der Waals surface area (Å²) >= 11 is 0. The minimum Gasteiger partial charge on any atom is -0.493 e. The van der Waals surface area contributed by atoms with Gasteiger partial charge in [-0.25, -0.2) is 0 Å². The lowest BCUT2D eigenvalue weighted by atomic mass is 10.1. The average Bonchev–Trinajstić information content (AvgIpc) is 2.84. The first-order valence-electron chi connectivity index (χ1n) is 5.82. The van der Waals surface area contributed by atoms with Crippen LogP contribution in [0.5, 0.6) is 17.2 Å². The Morgan fingerprint density at radius 2 is 2.19 bits per heavy atom. The Balaban J connectivity index is 2.30. The van der Waals surface area contributed by atoms with Crippen molar-refractivity contribution in [1.82, 2.24) is 5.32 Å². The van der Waals surface area contributed by atoms with E-state index in [9.17, 15) is 18.0 Å². The molecule has 1 aromatic rings. The highest BCUT2D eigenvalue weighted by Crippen LogP contribution is 2.43. The van der Waals surface area contributed by atoms with E-state index in [2.05, 4.69) is 0 Å². The van der Waals surface area contributed by atoms with Gasteiger partial charge in [0.15, 0.2) is 11.5 Å². The zero-order valence-electron chi connectivity index (χ0n) is 10.9. The van der Waals surface area contributed by atoms with Gasteiger partial charge >= 0.3 is 12.1 Å². The molecule has 116 valence electrons. The van der Waals surface area contributed by atoms with E-state index >= 15 is 0 Å². The lowest BCUT2D eigenvalue weighted by Crippen LogP contribution is -2.36. The number of carboxylic acid groups (broad SMARTS) is 1. The van der Waals surface area contributed by atoms with E-state index in [4.69, 9.17) is 19.3 Å². The molecule has 1 heterocycles. The second kappa shape index (κ2) is 5.68. The molecule has 2 rings (SSSR count). The standard InChI is InChI=1S/C12H12F3NO5/c1-19-7-2-6(3-8-10(7)21-5-20-8)9(11(17)18)16-4-12(13,14)15/h2-3,9,16H,4-5H2,1H3,(H,17,18). The number of hydrogen-bond acceptors (Lipinski definition) is 5. The van der Waals surface area contributed by atoms with E-state index < -0.39 is 24.7 Å². The van der Waals surface area contributed by atoms with Crippen molar-refractivity contribution in [3.63, 3.8) is 0 Å². The molecule has 0 aliphatic carbocycles. The van der Waals surface area contributed by atoms with Crippen molar-refractivity contribution in [3.8, 4) is 17.2 Å². The second-order valence-electron chi connectivity index (χ2n) is 4.22. The molecule has 0 bridgehead atoms. The van der Waals surface area contributed by atoms with E-state index in [0.29, 0.717) is 5.75 Å². The zero-order chi connectivity index (χ0) is 15.6. The number of carboxylic acids is 1. The topological polar surface area (TPSA) is 77.0 Å². The molecule has 6 nitrogen and oxygen atoms in total. The van der Waals surface area contributed by atoms with Gasteiger partial charge in [0, 0.05) is 0 Å². The predicted molar refractivity (Wildman–Crippen MR) is 63.6 cm³/mol. The monoisotopic (exact) mass is 307 g/mol. The molecule has 1 unspecified atom stereocenters. The van der Waals surface area contributed by atoms with Crippen LogP contribution in [0.15, 0.2) is 12.1 Å². The van der Waals surface area contributed by atoms with Gasteiger partial charge in [-0.15, -0.1) is 0 Å². The fraction of sp³-hybridized carbons (Fsp3) is 0.417. The smallest absolute Gasteiger partial charge is 0.401 e. The van der Waals surface area contributed by atoms with Crippen LogP contribution < -0.4 is 19.5 Å². The molecule has 1 atom stereocenters. The van der Waals surface area contributed by atoms with Crippen LogP contribution in [-0.2, 0) is 4.79 Å². The summed E-state index contributed by atoms with van der Waals surface area (Å²) in [6.07, 6.45) is -4.52. The third kappa shape index (κ3) is 3.48. The van der Waals surface area contributed by atoms with Crippen molar-refractivity contribution >= 4 is 5.97 Å². The predicted octanol–water partition coefficient (Wildman–Crippen LogP) is 1.70. The summed E-state index contributed by atoms with van der Waals surface area (Å²) in [5.74, 6) is -0.731. The molecular weight excluding hydrogens is 295 g/mol. The molecule has 1 aliphatic rings. The number of halogens is 3. The summed E-state index contributed by atoms with van der Waals surface area (Å²) in [4.78, 5) is 11.2. The van der Waals surface area contributed by atoms with E-state index in [0.717, 1.165) is 0 Å². The molecular formula is C12H12F3NO5. The van der Waals surface area contributed by atoms with Gasteiger partial charge in [-0.3, -0.25) is 10.1 Å². The van der Waals surface area contributed by atoms with E-state index in [-0.39, 0.29) is 23.9 Å². The molecule has 0 fully saturated rings. The molecule has 0 aromatic heterocycles. The molecule has 0 spiro atoms. The van der Waals surface area contributed by atoms with Crippen LogP contribution in [0.3, 0.4) is 0 Å². The third-order valence-corrected chi connectivity index (χ3v) is 2.77. The number of alkyl halides is 3. The van der Waals surface area contributed by atoms with Gasteiger partial charge in [-0.1, -0.05) is 0 Å². The molecule has 2 N–H and O–H groups in total.